The van der Waals surface area contributed by atoms with E-state index in [9.17, 15) is 4.79 Å². The Balaban J connectivity index is 1.37. The molecule has 0 aliphatic carbocycles. The first-order valence-electron chi connectivity index (χ1n) is 16.4. The van der Waals surface area contributed by atoms with E-state index in [-0.39, 0.29) is 5.56 Å². The Morgan fingerprint density at radius 3 is 1.48 bits per heavy atom. The molecule has 0 radical (unpaired) electrons. The second-order valence-electron chi connectivity index (χ2n) is 12.5. The van der Waals surface area contributed by atoms with Gasteiger partial charge in [-0.15, -0.1) is 22.7 Å². The molecule has 0 amide bonds. The van der Waals surface area contributed by atoms with Crippen molar-refractivity contribution < 1.29 is 0 Å². The zero-order valence-corrected chi connectivity index (χ0v) is 28.2. The number of aromatic nitrogens is 2. The van der Waals surface area contributed by atoms with Gasteiger partial charge in [0.1, 0.15) is 0 Å². The topological polar surface area (TPSA) is 44.0 Å². The van der Waals surface area contributed by atoms with Crippen LogP contribution in [0.4, 0.5) is 0 Å². The molecule has 0 N–H and O–H groups in total. The minimum Gasteiger partial charge on any atom is -0.268 e. The summed E-state index contributed by atoms with van der Waals surface area (Å²) in [5.74, 6) is 0. The number of benzene rings is 7. The third kappa shape index (κ3) is 4.43. The quantitative estimate of drug-likeness (QED) is 0.186. The highest BCUT2D eigenvalue weighted by molar-refractivity contribution is 7.26. The molecular weight excluding hydrogens is 653 g/mol. The predicted octanol–water partition coefficient (Wildman–Crippen LogP) is 11.2. The fourth-order valence-corrected chi connectivity index (χ4v) is 9.42. The molecule has 0 bridgehead atoms. The van der Waals surface area contributed by atoms with E-state index in [1.807, 2.05) is 97.1 Å². The Morgan fingerprint density at radius 2 is 0.880 bits per heavy atom. The van der Waals surface area contributed by atoms with E-state index in [1.54, 1.807) is 27.2 Å². The fourth-order valence-electron chi connectivity index (χ4n) is 7.25. The number of nitrogens with zero attached hydrogens (tertiary/aromatic N) is 2. The van der Waals surface area contributed by atoms with Crippen LogP contribution in [0.25, 0.3) is 84.9 Å². The van der Waals surface area contributed by atoms with E-state index in [4.69, 9.17) is 0 Å². The standard InChI is InChI=1S/C44H26N2O2S2/c47-43-37-24-29(27-11-3-1-4-12-27)23-34(28-13-5-2-6-14-28)42(37)45(30-19-21-40-35(25-30)32-15-7-9-17-38(32)49-40)44(48)46(43)31-20-22-41-36(26-31)33-16-8-10-18-39(33)50-41/h1-26H. The first-order chi connectivity index (χ1) is 24.6. The van der Waals surface area contributed by atoms with Crippen LogP contribution < -0.4 is 11.2 Å². The van der Waals surface area contributed by atoms with Crippen LogP contribution in [0, 0.1) is 0 Å². The van der Waals surface area contributed by atoms with Crippen molar-refractivity contribution in [3.05, 3.63) is 179 Å². The monoisotopic (exact) mass is 678 g/mol. The van der Waals surface area contributed by atoms with E-state index in [0.717, 1.165) is 53.2 Å². The summed E-state index contributed by atoms with van der Waals surface area (Å²) in [7, 11) is 0. The first-order valence-corrected chi connectivity index (χ1v) is 18.1. The lowest BCUT2D eigenvalue weighted by atomic mass is 9.95. The van der Waals surface area contributed by atoms with Crippen molar-refractivity contribution in [2.24, 2.45) is 0 Å². The van der Waals surface area contributed by atoms with Crippen LogP contribution in [-0.4, -0.2) is 9.13 Å². The van der Waals surface area contributed by atoms with Crippen LogP contribution in [0.3, 0.4) is 0 Å². The maximum absolute atomic E-state index is 15.2. The van der Waals surface area contributed by atoms with Gasteiger partial charge in [-0.25, -0.2) is 9.36 Å². The Bertz CT molecular complexity index is 3080. The Kier molecular flexibility index (Phi) is 6.49. The van der Waals surface area contributed by atoms with Gasteiger partial charge in [0.05, 0.1) is 22.3 Å². The molecule has 0 saturated heterocycles. The minimum atomic E-state index is -0.412. The molecule has 0 fully saturated rings. The average molecular weight is 679 g/mol. The van der Waals surface area contributed by atoms with Crippen molar-refractivity contribution >= 4 is 73.9 Å². The molecular formula is C44H26N2O2S2. The number of fused-ring (bicyclic) bond motifs is 7. The molecule has 0 unspecified atom stereocenters. The predicted molar refractivity (Wildman–Crippen MR) is 212 cm³/mol. The summed E-state index contributed by atoms with van der Waals surface area (Å²) in [6.45, 7) is 0. The third-order valence-corrected chi connectivity index (χ3v) is 11.9. The molecule has 0 aliphatic heterocycles. The van der Waals surface area contributed by atoms with E-state index in [2.05, 4.69) is 60.7 Å². The summed E-state index contributed by atoms with van der Waals surface area (Å²) in [5.41, 5.74) is 4.71. The van der Waals surface area contributed by atoms with Crippen molar-refractivity contribution in [1.82, 2.24) is 9.13 Å². The summed E-state index contributed by atoms with van der Waals surface area (Å²) in [5, 5.41) is 4.82. The fraction of sp³-hybridized carbons (Fsp3) is 0. The molecule has 4 nitrogen and oxygen atoms in total. The molecule has 3 aromatic heterocycles. The zero-order valence-electron chi connectivity index (χ0n) is 26.5. The minimum absolute atomic E-state index is 0.350. The van der Waals surface area contributed by atoms with Gasteiger partial charge < -0.3 is 0 Å². The van der Waals surface area contributed by atoms with Gasteiger partial charge in [-0.05, 0) is 77.4 Å². The Hall–Kier alpha value is -6.08. The molecule has 0 aliphatic rings. The van der Waals surface area contributed by atoms with Crippen LogP contribution in [0.15, 0.2) is 167 Å². The molecule has 10 aromatic rings. The highest BCUT2D eigenvalue weighted by Crippen LogP contribution is 2.38. The summed E-state index contributed by atoms with van der Waals surface area (Å²) in [4.78, 5) is 30.1. The van der Waals surface area contributed by atoms with Crippen molar-refractivity contribution in [2.45, 2.75) is 0 Å². The molecule has 0 spiro atoms. The summed E-state index contributed by atoms with van der Waals surface area (Å²) in [6, 6.07) is 52.9. The van der Waals surface area contributed by atoms with Crippen molar-refractivity contribution in [3.63, 3.8) is 0 Å². The molecule has 0 atom stereocenters. The summed E-state index contributed by atoms with van der Waals surface area (Å²) >= 11 is 3.45. The lowest BCUT2D eigenvalue weighted by Crippen LogP contribution is -2.38. The molecule has 10 rings (SSSR count). The second-order valence-corrected chi connectivity index (χ2v) is 14.6. The van der Waals surface area contributed by atoms with E-state index >= 15 is 4.79 Å². The molecule has 6 heteroatoms. The zero-order chi connectivity index (χ0) is 33.3. The van der Waals surface area contributed by atoms with Gasteiger partial charge in [-0.1, -0.05) is 97.1 Å². The van der Waals surface area contributed by atoms with Gasteiger partial charge in [0.2, 0.25) is 0 Å². The second kappa shape index (κ2) is 11.2. The molecule has 0 saturated carbocycles. The van der Waals surface area contributed by atoms with Crippen LogP contribution in [0.5, 0.6) is 0 Å². The van der Waals surface area contributed by atoms with E-state index < -0.39 is 5.69 Å². The first kappa shape index (κ1) is 28.9. The van der Waals surface area contributed by atoms with Gasteiger partial charge in [0.25, 0.3) is 5.56 Å². The number of hydrogen-bond donors (Lipinski definition) is 0. The highest BCUT2D eigenvalue weighted by Gasteiger charge is 2.22. The van der Waals surface area contributed by atoms with Crippen LogP contribution in [0.2, 0.25) is 0 Å². The average Bonchev–Trinajstić information content (AvgIpc) is 3.73. The van der Waals surface area contributed by atoms with Gasteiger partial charge >= 0.3 is 5.69 Å². The molecule has 50 heavy (non-hydrogen) atoms. The van der Waals surface area contributed by atoms with Crippen molar-refractivity contribution in [1.29, 1.82) is 0 Å². The van der Waals surface area contributed by atoms with Crippen molar-refractivity contribution in [3.8, 4) is 33.6 Å². The summed E-state index contributed by atoms with van der Waals surface area (Å²) in [6.07, 6.45) is 0. The normalized spacial score (nSPS) is 11.8. The van der Waals surface area contributed by atoms with Crippen LogP contribution >= 0.6 is 22.7 Å². The highest BCUT2D eigenvalue weighted by atomic mass is 32.1. The maximum atomic E-state index is 15.2. The lowest BCUT2D eigenvalue weighted by molar-refractivity contribution is 0.837. The molecule has 236 valence electrons. The van der Waals surface area contributed by atoms with Crippen molar-refractivity contribution in [2.75, 3.05) is 0 Å². The number of rotatable bonds is 4. The molecule has 3 heterocycles. The smallest absolute Gasteiger partial charge is 0.268 e. The largest absolute Gasteiger partial charge is 0.340 e. The van der Waals surface area contributed by atoms with Gasteiger partial charge in [0.15, 0.2) is 0 Å². The van der Waals surface area contributed by atoms with Gasteiger partial charge in [0, 0.05) is 45.9 Å². The SMILES string of the molecule is O=c1c2cc(-c3ccccc3)cc(-c3ccccc3)c2n(-c2ccc3sc4ccccc4c3c2)c(=O)n1-c1ccc2sc3ccccc3c2c1. The van der Waals surface area contributed by atoms with E-state index in [1.165, 1.54) is 14.0 Å². The Morgan fingerprint density at radius 1 is 0.380 bits per heavy atom. The summed E-state index contributed by atoms with van der Waals surface area (Å²) < 4.78 is 7.71. The maximum Gasteiger partial charge on any atom is 0.340 e. The van der Waals surface area contributed by atoms with E-state index in [0.29, 0.717) is 22.3 Å². The third-order valence-electron chi connectivity index (χ3n) is 9.58. The van der Waals surface area contributed by atoms with Crippen LogP contribution in [-0.2, 0) is 0 Å². The lowest BCUT2D eigenvalue weighted by Gasteiger charge is -2.19. The van der Waals surface area contributed by atoms with Gasteiger partial charge in [-0.3, -0.25) is 9.36 Å². The molecule has 7 aromatic carbocycles. The number of thiophene rings is 2. The Labute approximate surface area is 294 Å². The van der Waals surface area contributed by atoms with Crippen LogP contribution in [0.1, 0.15) is 0 Å². The van der Waals surface area contributed by atoms with Gasteiger partial charge in [-0.2, -0.15) is 0 Å². The number of hydrogen-bond acceptors (Lipinski definition) is 4.